The van der Waals surface area contributed by atoms with Crippen LogP contribution in [0.2, 0.25) is 0 Å². The van der Waals surface area contributed by atoms with Crippen molar-refractivity contribution in [2.45, 2.75) is 46.4 Å². The number of nitrogens with zero attached hydrogens (tertiary/aromatic N) is 1. The summed E-state index contributed by atoms with van der Waals surface area (Å²) >= 11 is 0. The topological polar surface area (TPSA) is 29.5 Å². The molecule has 0 bridgehead atoms. The Morgan fingerprint density at radius 1 is 1.04 bits per heavy atom. The molecule has 2 aromatic carbocycles. The molecule has 3 heteroatoms. The van der Waals surface area contributed by atoms with E-state index in [4.69, 9.17) is 4.74 Å². The summed E-state index contributed by atoms with van der Waals surface area (Å²) < 4.78 is 5.59. The van der Waals surface area contributed by atoms with Crippen molar-refractivity contribution in [2.75, 3.05) is 0 Å². The number of carbonyl (C=O) groups excluding carboxylic acids is 1. The van der Waals surface area contributed by atoms with Crippen LogP contribution in [0.3, 0.4) is 0 Å². The number of fused-ring (bicyclic) bond motifs is 1. The van der Waals surface area contributed by atoms with E-state index in [0.29, 0.717) is 13.2 Å². The molecule has 0 saturated heterocycles. The Kier molecular flexibility index (Phi) is 4.61. The highest BCUT2D eigenvalue weighted by molar-refractivity contribution is 5.69. The second-order valence-corrected chi connectivity index (χ2v) is 7.52. The lowest BCUT2D eigenvalue weighted by molar-refractivity contribution is 0.0428. The summed E-state index contributed by atoms with van der Waals surface area (Å²) in [7, 11) is 0. The molecule has 0 radical (unpaired) electrons. The van der Waals surface area contributed by atoms with Gasteiger partial charge in [0.05, 0.1) is 0 Å². The van der Waals surface area contributed by atoms with Crippen molar-refractivity contribution in [2.24, 2.45) is 5.41 Å². The van der Waals surface area contributed by atoms with Crippen LogP contribution in [0.4, 0.5) is 4.79 Å². The van der Waals surface area contributed by atoms with Crippen LogP contribution in [0.15, 0.2) is 54.6 Å². The minimum atomic E-state index is -0.228. The third kappa shape index (κ3) is 3.61. The lowest BCUT2D eigenvalue weighted by Crippen LogP contribution is -2.50. The van der Waals surface area contributed by atoms with E-state index >= 15 is 0 Å². The van der Waals surface area contributed by atoms with E-state index < -0.39 is 0 Å². The van der Waals surface area contributed by atoms with Crippen molar-refractivity contribution >= 4 is 6.09 Å². The smallest absolute Gasteiger partial charge is 0.410 e. The van der Waals surface area contributed by atoms with Crippen molar-refractivity contribution in [3.8, 4) is 0 Å². The molecular formula is C21H25NO2. The SMILES string of the molecule is CC(C)(C)[C@@H]1Cc2ccccc2CN1C(=O)OCc1ccccc1. The highest BCUT2D eigenvalue weighted by Crippen LogP contribution is 2.34. The molecule has 1 aliphatic heterocycles. The first-order valence-electron chi connectivity index (χ1n) is 8.49. The zero-order chi connectivity index (χ0) is 17.2. The summed E-state index contributed by atoms with van der Waals surface area (Å²) in [6.07, 6.45) is 0.647. The average molecular weight is 323 g/mol. The zero-order valence-electron chi connectivity index (χ0n) is 14.7. The molecule has 0 spiro atoms. The molecule has 0 saturated carbocycles. The molecule has 0 fully saturated rings. The van der Waals surface area contributed by atoms with E-state index in [1.54, 1.807) is 0 Å². The Bertz CT molecular complexity index is 703. The number of benzene rings is 2. The van der Waals surface area contributed by atoms with Crippen molar-refractivity contribution in [3.05, 3.63) is 71.3 Å². The first kappa shape index (κ1) is 16.6. The van der Waals surface area contributed by atoms with Crippen LogP contribution in [-0.4, -0.2) is 17.0 Å². The van der Waals surface area contributed by atoms with E-state index in [1.807, 2.05) is 41.3 Å². The number of ether oxygens (including phenoxy) is 1. The number of hydrogen-bond donors (Lipinski definition) is 0. The van der Waals surface area contributed by atoms with Crippen LogP contribution < -0.4 is 0 Å². The highest BCUT2D eigenvalue weighted by atomic mass is 16.6. The van der Waals surface area contributed by atoms with Crippen LogP contribution in [0, 0.1) is 5.41 Å². The van der Waals surface area contributed by atoms with Crippen LogP contribution in [0.25, 0.3) is 0 Å². The van der Waals surface area contributed by atoms with Gasteiger partial charge < -0.3 is 9.64 Å². The summed E-state index contributed by atoms with van der Waals surface area (Å²) in [4.78, 5) is 14.6. The first-order valence-corrected chi connectivity index (χ1v) is 8.49. The fourth-order valence-corrected chi connectivity index (χ4v) is 3.29. The van der Waals surface area contributed by atoms with E-state index in [0.717, 1.165) is 12.0 Å². The maximum absolute atomic E-state index is 12.7. The fourth-order valence-electron chi connectivity index (χ4n) is 3.29. The van der Waals surface area contributed by atoms with Gasteiger partial charge in [-0.3, -0.25) is 0 Å². The van der Waals surface area contributed by atoms with Gasteiger partial charge in [0.2, 0.25) is 0 Å². The largest absolute Gasteiger partial charge is 0.445 e. The zero-order valence-corrected chi connectivity index (χ0v) is 14.7. The predicted molar refractivity (Wildman–Crippen MR) is 95.6 cm³/mol. The summed E-state index contributed by atoms with van der Waals surface area (Å²) in [5.41, 5.74) is 3.56. The molecule has 3 rings (SSSR count). The predicted octanol–water partition coefficient (Wildman–Crippen LogP) is 4.80. The molecule has 0 aromatic heterocycles. The van der Waals surface area contributed by atoms with Crippen LogP contribution in [-0.2, 0) is 24.3 Å². The van der Waals surface area contributed by atoms with Gasteiger partial charge in [-0.25, -0.2) is 4.79 Å². The fraction of sp³-hybridized carbons (Fsp3) is 0.381. The highest BCUT2D eigenvalue weighted by Gasteiger charge is 2.37. The first-order chi connectivity index (χ1) is 11.4. The Labute approximate surface area is 144 Å². The molecule has 0 N–H and O–H groups in total. The van der Waals surface area contributed by atoms with Gasteiger partial charge in [-0.1, -0.05) is 75.4 Å². The van der Waals surface area contributed by atoms with Crippen molar-refractivity contribution in [3.63, 3.8) is 0 Å². The summed E-state index contributed by atoms with van der Waals surface area (Å²) in [6.45, 7) is 7.48. The average Bonchev–Trinajstić information content (AvgIpc) is 2.58. The molecule has 1 aliphatic rings. The number of amides is 1. The molecule has 1 amide bonds. The molecule has 0 aliphatic carbocycles. The standard InChI is InChI=1S/C21H25NO2/c1-21(2,3)19-13-17-11-7-8-12-18(17)14-22(19)20(23)24-15-16-9-5-4-6-10-16/h4-12,19H,13-15H2,1-3H3/t19-/m0/s1. The van der Waals surface area contributed by atoms with Gasteiger partial charge in [-0.05, 0) is 28.5 Å². The van der Waals surface area contributed by atoms with Gasteiger partial charge >= 0.3 is 6.09 Å². The van der Waals surface area contributed by atoms with E-state index in [1.165, 1.54) is 11.1 Å². The Balaban J connectivity index is 1.77. The summed E-state index contributed by atoms with van der Waals surface area (Å²) in [5.74, 6) is 0. The van der Waals surface area contributed by atoms with E-state index in [2.05, 4.69) is 39.0 Å². The number of carbonyl (C=O) groups is 1. The Morgan fingerprint density at radius 2 is 1.67 bits per heavy atom. The van der Waals surface area contributed by atoms with Crippen LogP contribution in [0.1, 0.15) is 37.5 Å². The van der Waals surface area contributed by atoms with Crippen LogP contribution >= 0.6 is 0 Å². The lowest BCUT2D eigenvalue weighted by Gasteiger charge is -2.43. The third-order valence-electron chi connectivity index (χ3n) is 4.69. The Hall–Kier alpha value is -2.29. The van der Waals surface area contributed by atoms with Gasteiger partial charge in [0, 0.05) is 12.6 Å². The van der Waals surface area contributed by atoms with Crippen LogP contribution in [0.5, 0.6) is 0 Å². The normalized spacial score (nSPS) is 17.3. The molecule has 126 valence electrons. The quantitative estimate of drug-likeness (QED) is 0.795. The maximum atomic E-state index is 12.7. The van der Waals surface area contributed by atoms with Gasteiger partial charge in [-0.2, -0.15) is 0 Å². The van der Waals surface area contributed by atoms with Gasteiger partial charge in [0.25, 0.3) is 0 Å². The minimum Gasteiger partial charge on any atom is -0.445 e. The second kappa shape index (κ2) is 6.68. The monoisotopic (exact) mass is 323 g/mol. The van der Waals surface area contributed by atoms with Crippen molar-refractivity contribution < 1.29 is 9.53 Å². The summed E-state index contributed by atoms with van der Waals surface area (Å²) in [5, 5.41) is 0. The summed E-state index contributed by atoms with van der Waals surface area (Å²) in [6, 6.07) is 18.3. The molecular weight excluding hydrogens is 298 g/mol. The minimum absolute atomic E-state index is 0.000696. The number of hydrogen-bond acceptors (Lipinski definition) is 2. The lowest BCUT2D eigenvalue weighted by atomic mass is 9.79. The van der Waals surface area contributed by atoms with Crippen molar-refractivity contribution in [1.29, 1.82) is 0 Å². The van der Waals surface area contributed by atoms with Crippen molar-refractivity contribution in [1.82, 2.24) is 4.90 Å². The maximum Gasteiger partial charge on any atom is 0.410 e. The molecule has 24 heavy (non-hydrogen) atoms. The molecule has 1 heterocycles. The molecule has 1 atom stereocenters. The van der Waals surface area contributed by atoms with E-state index in [-0.39, 0.29) is 17.6 Å². The number of rotatable bonds is 2. The van der Waals surface area contributed by atoms with Gasteiger partial charge in [0.15, 0.2) is 0 Å². The Morgan fingerprint density at radius 3 is 2.33 bits per heavy atom. The second-order valence-electron chi connectivity index (χ2n) is 7.52. The third-order valence-corrected chi connectivity index (χ3v) is 4.69. The molecule has 3 nitrogen and oxygen atoms in total. The van der Waals surface area contributed by atoms with E-state index in [9.17, 15) is 4.79 Å². The van der Waals surface area contributed by atoms with Gasteiger partial charge in [0.1, 0.15) is 6.61 Å². The van der Waals surface area contributed by atoms with Gasteiger partial charge in [-0.15, -0.1) is 0 Å². The molecule has 0 unspecified atom stereocenters. The molecule has 2 aromatic rings.